The van der Waals surface area contributed by atoms with Crippen molar-refractivity contribution in [3.63, 3.8) is 0 Å². The third-order valence-corrected chi connectivity index (χ3v) is 5.51. The molecule has 0 atom stereocenters. The maximum absolute atomic E-state index is 12.9. The Hall–Kier alpha value is -3.25. The molecule has 0 bridgehead atoms. The number of aryl methyl sites for hydroxylation is 1. The Morgan fingerprint density at radius 1 is 0.862 bits per heavy atom. The zero-order valence-corrected chi connectivity index (χ0v) is 16.6. The second-order valence-corrected chi connectivity index (χ2v) is 7.62. The van der Waals surface area contributed by atoms with E-state index in [1.54, 1.807) is 22.7 Å². The molecular formula is C23H19NO4S. The highest BCUT2D eigenvalue weighted by molar-refractivity contribution is 7.99. The van der Waals surface area contributed by atoms with Crippen LogP contribution in [0.25, 0.3) is 0 Å². The van der Waals surface area contributed by atoms with Gasteiger partial charge in [-0.25, -0.2) is 4.79 Å². The smallest absolute Gasteiger partial charge is 0.344 e. The number of hydrogen-bond acceptors (Lipinski definition) is 5. The summed E-state index contributed by atoms with van der Waals surface area (Å²) in [5, 5.41) is 0. The number of para-hydroxylation sites is 2. The Kier molecular flexibility index (Phi) is 5.53. The number of amides is 1. The van der Waals surface area contributed by atoms with Crippen molar-refractivity contribution in [1.82, 2.24) is 0 Å². The molecule has 0 radical (unpaired) electrons. The molecule has 29 heavy (non-hydrogen) atoms. The normalized spacial score (nSPS) is 12.0. The Bertz CT molecular complexity index is 1020. The van der Waals surface area contributed by atoms with Crippen LogP contribution < -0.4 is 9.64 Å². The zero-order valence-electron chi connectivity index (χ0n) is 15.8. The Balaban J connectivity index is 1.43. The molecule has 0 N–H and O–H groups in total. The number of esters is 1. The number of rotatable bonds is 5. The topological polar surface area (TPSA) is 55.8 Å². The van der Waals surface area contributed by atoms with Crippen LogP contribution in [0, 0.1) is 6.92 Å². The average Bonchev–Trinajstić information content (AvgIpc) is 2.74. The molecule has 146 valence electrons. The Morgan fingerprint density at radius 2 is 1.52 bits per heavy atom. The monoisotopic (exact) mass is 405 g/mol. The fourth-order valence-corrected chi connectivity index (χ4v) is 4.13. The van der Waals surface area contributed by atoms with Crippen molar-refractivity contribution < 1.29 is 19.1 Å². The molecule has 0 unspecified atom stereocenters. The molecule has 0 aliphatic carbocycles. The van der Waals surface area contributed by atoms with Crippen LogP contribution in [-0.4, -0.2) is 25.1 Å². The van der Waals surface area contributed by atoms with Crippen molar-refractivity contribution in [1.29, 1.82) is 0 Å². The molecule has 6 heteroatoms. The summed E-state index contributed by atoms with van der Waals surface area (Å²) in [6.07, 6.45) is 0. The standard InChI is InChI=1S/C23H19NO4S/c1-16-7-6-8-17(13-16)27-15-23(26)28-14-22(25)24-18-9-2-4-11-20(18)29-21-12-5-3-10-19(21)24/h2-13H,14-15H2,1H3. The van der Waals surface area contributed by atoms with E-state index >= 15 is 0 Å². The van der Waals surface area contributed by atoms with Gasteiger partial charge >= 0.3 is 5.97 Å². The van der Waals surface area contributed by atoms with Crippen molar-refractivity contribution in [2.24, 2.45) is 0 Å². The maximum Gasteiger partial charge on any atom is 0.344 e. The summed E-state index contributed by atoms with van der Waals surface area (Å²) in [5.74, 6) is -0.314. The fraction of sp³-hybridized carbons (Fsp3) is 0.130. The predicted octanol–water partition coefficient (Wildman–Crippen LogP) is 4.75. The maximum atomic E-state index is 12.9. The van der Waals surface area contributed by atoms with Gasteiger partial charge in [0.05, 0.1) is 11.4 Å². The summed E-state index contributed by atoms with van der Waals surface area (Å²) < 4.78 is 10.6. The largest absolute Gasteiger partial charge is 0.482 e. The summed E-state index contributed by atoms with van der Waals surface area (Å²) >= 11 is 1.61. The number of benzene rings is 3. The van der Waals surface area contributed by atoms with Gasteiger partial charge < -0.3 is 9.47 Å². The zero-order chi connectivity index (χ0) is 20.2. The summed E-state index contributed by atoms with van der Waals surface area (Å²) in [6.45, 7) is 1.33. The van der Waals surface area contributed by atoms with Crippen LogP contribution in [0.15, 0.2) is 82.6 Å². The van der Waals surface area contributed by atoms with E-state index in [-0.39, 0.29) is 19.1 Å². The molecule has 0 saturated carbocycles. The third kappa shape index (κ3) is 4.27. The highest BCUT2D eigenvalue weighted by atomic mass is 32.2. The molecule has 0 saturated heterocycles. The van der Waals surface area contributed by atoms with Gasteiger partial charge in [0.1, 0.15) is 5.75 Å². The number of anilines is 2. The lowest BCUT2D eigenvalue weighted by molar-refractivity contribution is -0.149. The minimum absolute atomic E-state index is 0.250. The van der Waals surface area contributed by atoms with E-state index in [0.717, 1.165) is 26.7 Å². The van der Waals surface area contributed by atoms with Crippen LogP contribution in [-0.2, 0) is 14.3 Å². The highest BCUT2D eigenvalue weighted by Crippen LogP contribution is 2.47. The first-order valence-corrected chi connectivity index (χ1v) is 9.97. The fourth-order valence-electron chi connectivity index (χ4n) is 3.07. The van der Waals surface area contributed by atoms with Gasteiger partial charge in [-0.05, 0) is 48.9 Å². The minimum atomic E-state index is -0.590. The summed E-state index contributed by atoms with van der Waals surface area (Å²) in [5.41, 5.74) is 2.60. The second kappa shape index (κ2) is 8.41. The second-order valence-electron chi connectivity index (χ2n) is 6.53. The van der Waals surface area contributed by atoms with Crippen molar-refractivity contribution in [3.8, 4) is 5.75 Å². The van der Waals surface area contributed by atoms with E-state index in [2.05, 4.69) is 0 Å². The third-order valence-electron chi connectivity index (χ3n) is 4.38. The van der Waals surface area contributed by atoms with E-state index in [9.17, 15) is 9.59 Å². The summed E-state index contributed by atoms with van der Waals surface area (Å²) in [7, 11) is 0. The lowest BCUT2D eigenvalue weighted by Gasteiger charge is -2.30. The number of hydrogen-bond donors (Lipinski definition) is 0. The van der Waals surface area contributed by atoms with E-state index in [4.69, 9.17) is 9.47 Å². The van der Waals surface area contributed by atoms with E-state index in [0.29, 0.717) is 5.75 Å². The Labute approximate surface area is 173 Å². The summed E-state index contributed by atoms with van der Waals surface area (Å²) in [4.78, 5) is 28.6. The molecule has 0 fully saturated rings. The van der Waals surface area contributed by atoms with Gasteiger partial charge in [-0.2, -0.15) is 0 Å². The molecule has 3 aromatic rings. The predicted molar refractivity (Wildman–Crippen MR) is 112 cm³/mol. The van der Waals surface area contributed by atoms with Crippen LogP contribution in [0.1, 0.15) is 5.56 Å². The highest BCUT2D eigenvalue weighted by Gasteiger charge is 2.28. The van der Waals surface area contributed by atoms with Crippen molar-refractivity contribution in [3.05, 3.63) is 78.4 Å². The van der Waals surface area contributed by atoms with Crippen LogP contribution >= 0.6 is 11.8 Å². The van der Waals surface area contributed by atoms with Gasteiger partial charge in [-0.3, -0.25) is 9.69 Å². The molecule has 1 heterocycles. The lowest BCUT2D eigenvalue weighted by Crippen LogP contribution is -2.33. The van der Waals surface area contributed by atoms with Gasteiger partial charge in [0, 0.05) is 9.79 Å². The SMILES string of the molecule is Cc1cccc(OCC(=O)OCC(=O)N2c3ccccc3Sc3ccccc32)c1. The first-order chi connectivity index (χ1) is 14.1. The lowest BCUT2D eigenvalue weighted by atomic mass is 10.2. The van der Waals surface area contributed by atoms with Gasteiger partial charge in [0.25, 0.3) is 5.91 Å². The molecular weight excluding hydrogens is 386 g/mol. The van der Waals surface area contributed by atoms with Crippen molar-refractivity contribution in [2.75, 3.05) is 18.1 Å². The van der Waals surface area contributed by atoms with Crippen LogP contribution in [0.2, 0.25) is 0 Å². The number of nitrogens with zero attached hydrogens (tertiary/aromatic N) is 1. The Morgan fingerprint density at radius 3 is 2.17 bits per heavy atom. The first-order valence-electron chi connectivity index (χ1n) is 9.16. The molecule has 0 spiro atoms. The molecule has 0 aromatic heterocycles. The van der Waals surface area contributed by atoms with E-state index in [1.165, 1.54) is 0 Å². The first kappa shape index (κ1) is 19.1. The minimum Gasteiger partial charge on any atom is -0.482 e. The van der Waals surface area contributed by atoms with Crippen LogP contribution in [0.4, 0.5) is 11.4 Å². The number of ether oxygens (including phenoxy) is 2. The number of carbonyl (C=O) groups excluding carboxylic acids is 2. The molecule has 5 nitrogen and oxygen atoms in total. The summed E-state index contributed by atoms with van der Waals surface area (Å²) in [6, 6.07) is 22.7. The van der Waals surface area contributed by atoms with Crippen LogP contribution in [0.5, 0.6) is 5.75 Å². The molecule has 3 aromatic carbocycles. The molecule has 1 amide bonds. The van der Waals surface area contributed by atoms with E-state index in [1.807, 2.05) is 73.7 Å². The quantitative estimate of drug-likeness (QED) is 0.574. The van der Waals surface area contributed by atoms with Gasteiger partial charge in [0.2, 0.25) is 0 Å². The molecule has 4 rings (SSSR count). The van der Waals surface area contributed by atoms with Crippen molar-refractivity contribution in [2.45, 2.75) is 16.7 Å². The number of carbonyl (C=O) groups is 2. The van der Waals surface area contributed by atoms with Crippen molar-refractivity contribution >= 4 is 35.0 Å². The molecule has 1 aliphatic rings. The van der Waals surface area contributed by atoms with Gasteiger partial charge in [-0.1, -0.05) is 48.2 Å². The average molecular weight is 405 g/mol. The number of fused-ring (bicyclic) bond motifs is 2. The van der Waals surface area contributed by atoms with E-state index < -0.39 is 5.97 Å². The van der Waals surface area contributed by atoms with Crippen LogP contribution in [0.3, 0.4) is 0 Å². The molecule has 1 aliphatic heterocycles. The van der Waals surface area contributed by atoms with Gasteiger partial charge in [-0.15, -0.1) is 0 Å². The van der Waals surface area contributed by atoms with Gasteiger partial charge in [0.15, 0.2) is 13.2 Å².